The fourth-order valence-corrected chi connectivity index (χ4v) is 0.803. The molecule has 1 aromatic carbocycles. The molecule has 0 aliphatic carbocycles. The zero-order valence-electron chi connectivity index (χ0n) is 5.15. The third-order valence-corrected chi connectivity index (χ3v) is 1.24. The van der Waals surface area contributed by atoms with Crippen molar-refractivity contribution >= 4 is 28.1 Å². The molecule has 1 aromatic heterocycles. The Morgan fingerprint density at radius 2 is 2.00 bits per heavy atom. The van der Waals surface area contributed by atoms with Crippen molar-refractivity contribution in [3.8, 4) is 0 Å². The van der Waals surface area contributed by atoms with Crippen LogP contribution in [0.2, 0.25) is 0 Å². The van der Waals surface area contributed by atoms with Crippen LogP contribution in [0.3, 0.4) is 0 Å². The van der Waals surface area contributed by atoms with Crippen LogP contribution in [0.1, 0.15) is 0 Å². The Morgan fingerprint density at radius 3 is 2.80 bits per heavy atom. The van der Waals surface area contributed by atoms with E-state index in [4.69, 9.17) is 4.42 Å². The normalized spacial score (nSPS) is 9.20. The first-order chi connectivity index (χ1) is 4.47. The van der Waals surface area contributed by atoms with Crippen LogP contribution in [0.25, 0.3) is 11.1 Å². The summed E-state index contributed by atoms with van der Waals surface area (Å²) in [4.78, 5) is 3.95. The highest BCUT2D eigenvalue weighted by molar-refractivity contribution is 8.93. The molecule has 0 N–H and O–H groups in total. The van der Waals surface area contributed by atoms with Gasteiger partial charge in [0.15, 0.2) is 12.0 Å². The molecule has 2 nitrogen and oxygen atoms in total. The summed E-state index contributed by atoms with van der Waals surface area (Å²) in [6, 6.07) is 7.67. The second kappa shape index (κ2) is 2.84. The number of rotatable bonds is 0. The summed E-state index contributed by atoms with van der Waals surface area (Å²) in [6.45, 7) is 0. The largest absolute Gasteiger partial charge is 0.443 e. The minimum absolute atomic E-state index is 0. The van der Waals surface area contributed by atoms with Gasteiger partial charge in [-0.3, -0.25) is 0 Å². The van der Waals surface area contributed by atoms with E-state index in [1.54, 1.807) is 0 Å². The summed E-state index contributed by atoms with van der Waals surface area (Å²) in [5, 5.41) is 0. The molecular weight excluding hydrogens is 194 g/mol. The Bertz CT molecular complexity index is 288. The van der Waals surface area contributed by atoms with Gasteiger partial charge in [0.25, 0.3) is 0 Å². The molecule has 0 unspecified atom stereocenters. The molecule has 2 aromatic rings. The van der Waals surface area contributed by atoms with E-state index in [1.165, 1.54) is 6.39 Å². The van der Waals surface area contributed by atoms with E-state index in [0.29, 0.717) is 0 Å². The summed E-state index contributed by atoms with van der Waals surface area (Å²) in [5.74, 6) is 0. The zero-order chi connectivity index (χ0) is 6.10. The molecule has 0 saturated carbocycles. The highest BCUT2D eigenvalue weighted by atomic mass is 79.9. The Kier molecular flexibility index (Phi) is 2.06. The molecule has 2 rings (SSSR count). The van der Waals surface area contributed by atoms with Gasteiger partial charge >= 0.3 is 0 Å². The van der Waals surface area contributed by atoms with Gasteiger partial charge in [-0.1, -0.05) is 12.1 Å². The predicted molar refractivity (Wildman–Crippen MR) is 44.3 cm³/mol. The lowest BCUT2D eigenvalue weighted by atomic mass is 10.3. The van der Waals surface area contributed by atoms with Gasteiger partial charge in [0.2, 0.25) is 0 Å². The quantitative estimate of drug-likeness (QED) is 0.652. The zero-order valence-corrected chi connectivity index (χ0v) is 6.86. The second-order valence-corrected chi connectivity index (χ2v) is 1.82. The van der Waals surface area contributed by atoms with Gasteiger partial charge in [-0.05, 0) is 12.1 Å². The van der Waals surface area contributed by atoms with Crippen LogP contribution in [-0.2, 0) is 0 Å². The summed E-state index contributed by atoms with van der Waals surface area (Å²) in [7, 11) is 0. The van der Waals surface area contributed by atoms with Gasteiger partial charge in [-0.2, -0.15) is 0 Å². The van der Waals surface area contributed by atoms with Gasteiger partial charge in [0.05, 0.1) is 0 Å². The van der Waals surface area contributed by atoms with Gasteiger partial charge in [0.1, 0.15) is 5.52 Å². The second-order valence-electron chi connectivity index (χ2n) is 1.82. The first-order valence-electron chi connectivity index (χ1n) is 2.75. The summed E-state index contributed by atoms with van der Waals surface area (Å²) < 4.78 is 5.01. The maximum Gasteiger partial charge on any atom is 0.181 e. The fraction of sp³-hybridized carbons (Fsp3) is 0. The van der Waals surface area contributed by atoms with E-state index in [2.05, 4.69) is 4.98 Å². The van der Waals surface area contributed by atoms with Crippen LogP contribution < -0.4 is 0 Å². The number of benzene rings is 1. The van der Waals surface area contributed by atoms with Gasteiger partial charge in [0, 0.05) is 0 Å². The summed E-state index contributed by atoms with van der Waals surface area (Å²) >= 11 is 0. The molecule has 10 heavy (non-hydrogen) atoms. The fourth-order valence-electron chi connectivity index (χ4n) is 0.803. The molecule has 0 radical (unpaired) electrons. The lowest BCUT2D eigenvalue weighted by molar-refractivity contribution is 0.602. The number of fused-ring (bicyclic) bond motifs is 1. The highest BCUT2D eigenvalue weighted by Crippen LogP contribution is 2.09. The summed E-state index contributed by atoms with van der Waals surface area (Å²) in [6.07, 6.45) is 1.45. The number of hydrogen-bond acceptors (Lipinski definition) is 2. The lowest BCUT2D eigenvalue weighted by Crippen LogP contribution is -1.61. The number of para-hydroxylation sites is 2. The molecule has 3 heteroatoms. The van der Waals surface area contributed by atoms with Crippen LogP contribution in [0, 0.1) is 0 Å². The Balaban J connectivity index is 0.000000500. The molecule has 0 saturated heterocycles. The van der Waals surface area contributed by atoms with Crippen molar-refractivity contribution in [3.63, 3.8) is 0 Å². The van der Waals surface area contributed by atoms with Crippen molar-refractivity contribution in [1.82, 2.24) is 4.98 Å². The predicted octanol–water partition coefficient (Wildman–Crippen LogP) is 2.41. The first-order valence-corrected chi connectivity index (χ1v) is 2.75. The molecule has 52 valence electrons. The Labute approximate surface area is 68.6 Å². The highest BCUT2D eigenvalue weighted by Gasteiger charge is 1.91. The van der Waals surface area contributed by atoms with Crippen molar-refractivity contribution in [1.29, 1.82) is 0 Å². The number of halogens is 1. The number of oxazole rings is 1. The Morgan fingerprint density at radius 1 is 1.20 bits per heavy atom. The monoisotopic (exact) mass is 199 g/mol. The van der Waals surface area contributed by atoms with E-state index in [9.17, 15) is 0 Å². The summed E-state index contributed by atoms with van der Waals surface area (Å²) in [5.41, 5.74) is 1.76. The topological polar surface area (TPSA) is 26.0 Å². The standard InChI is InChI=1S/C7H5NO.BrH/c1-2-4-7-6(3-1)8-5-9-7;/h1-5H;1H. The van der Waals surface area contributed by atoms with E-state index >= 15 is 0 Å². The number of nitrogens with zero attached hydrogens (tertiary/aromatic N) is 1. The molecule has 0 aliphatic heterocycles. The van der Waals surface area contributed by atoms with Crippen molar-refractivity contribution in [2.75, 3.05) is 0 Å². The maximum atomic E-state index is 5.01. The third-order valence-electron chi connectivity index (χ3n) is 1.24. The average molecular weight is 200 g/mol. The molecule has 0 amide bonds. The first kappa shape index (κ1) is 7.28. The number of aromatic nitrogens is 1. The van der Waals surface area contributed by atoms with E-state index < -0.39 is 0 Å². The molecule has 1 heterocycles. The van der Waals surface area contributed by atoms with Gasteiger partial charge in [-0.15, -0.1) is 17.0 Å². The molecule has 0 bridgehead atoms. The Hall–Kier alpha value is -0.830. The van der Waals surface area contributed by atoms with Crippen molar-refractivity contribution < 1.29 is 4.42 Å². The van der Waals surface area contributed by atoms with Crippen molar-refractivity contribution in [2.45, 2.75) is 0 Å². The molecule has 0 atom stereocenters. The van der Waals surface area contributed by atoms with Crippen LogP contribution >= 0.6 is 17.0 Å². The minimum Gasteiger partial charge on any atom is -0.443 e. The molecule has 0 spiro atoms. The smallest absolute Gasteiger partial charge is 0.181 e. The van der Waals surface area contributed by atoms with Crippen molar-refractivity contribution in [2.24, 2.45) is 0 Å². The maximum absolute atomic E-state index is 5.01. The molecule has 0 aliphatic rings. The molecular formula is C7H6BrNO. The van der Waals surface area contributed by atoms with E-state index in [0.717, 1.165) is 11.1 Å². The van der Waals surface area contributed by atoms with E-state index in [1.807, 2.05) is 24.3 Å². The van der Waals surface area contributed by atoms with Gasteiger partial charge in [-0.25, -0.2) is 4.98 Å². The average Bonchev–Trinajstić information content (AvgIpc) is 2.33. The third kappa shape index (κ3) is 1.04. The van der Waals surface area contributed by atoms with Crippen LogP contribution in [-0.4, -0.2) is 4.98 Å². The van der Waals surface area contributed by atoms with E-state index in [-0.39, 0.29) is 17.0 Å². The minimum atomic E-state index is 0. The van der Waals surface area contributed by atoms with Crippen LogP contribution in [0.5, 0.6) is 0 Å². The van der Waals surface area contributed by atoms with Crippen LogP contribution in [0.4, 0.5) is 0 Å². The SMILES string of the molecule is Br.c1ccc2ocnc2c1. The lowest BCUT2D eigenvalue weighted by Gasteiger charge is -1.79. The molecule has 0 fully saturated rings. The number of hydrogen-bond donors (Lipinski definition) is 0. The van der Waals surface area contributed by atoms with Crippen molar-refractivity contribution in [3.05, 3.63) is 30.7 Å². The van der Waals surface area contributed by atoms with Gasteiger partial charge < -0.3 is 4.42 Å². The van der Waals surface area contributed by atoms with Crippen LogP contribution in [0.15, 0.2) is 35.1 Å².